The van der Waals surface area contributed by atoms with Gasteiger partial charge in [0.05, 0.1) is 20.6 Å². The van der Waals surface area contributed by atoms with Crippen molar-refractivity contribution in [3.63, 3.8) is 0 Å². The first-order chi connectivity index (χ1) is 13.7. The molecular formula is C21H24N4O3. The number of H-pyrrole nitrogens is 1. The zero-order valence-electron chi connectivity index (χ0n) is 16.1. The van der Waals surface area contributed by atoms with Crippen molar-refractivity contribution in [3.8, 4) is 11.5 Å². The number of amides is 1. The van der Waals surface area contributed by atoms with Crippen molar-refractivity contribution in [3.05, 3.63) is 47.8 Å². The summed E-state index contributed by atoms with van der Waals surface area (Å²) in [5.74, 6) is 1.67. The van der Waals surface area contributed by atoms with Gasteiger partial charge in [0.2, 0.25) is 5.91 Å². The van der Waals surface area contributed by atoms with E-state index in [0.29, 0.717) is 24.5 Å². The van der Waals surface area contributed by atoms with E-state index >= 15 is 0 Å². The van der Waals surface area contributed by atoms with Gasteiger partial charge in [-0.2, -0.15) is 5.10 Å². The highest BCUT2D eigenvalue weighted by molar-refractivity contribution is 5.80. The van der Waals surface area contributed by atoms with E-state index in [1.807, 2.05) is 35.2 Å². The van der Waals surface area contributed by atoms with Gasteiger partial charge < -0.3 is 14.4 Å². The van der Waals surface area contributed by atoms with Crippen LogP contribution >= 0.6 is 0 Å². The fourth-order valence-electron chi connectivity index (χ4n) is 3.90. The molecule has 0 radical (unpaired) electrons. The average molecular weight is 380 g/mol. The van der Waals surface area contributed by atoms with Gasteiger partial charge in [-0.3, -0.25) is 9.89 Å². The topological polar surface area (TPSA) is 80.3 Å². The van der Waals surface area contributed by atoms with Crippen LogP contribution in [0.25, 0.3) is 11.0 Å². The third-order valence-electron chi connectivity index (χ3n) is 5.34. The fraction of sp³-hybridized carbons (Fsp3) is 0.381. The molecule has 1 aliphatic heterocycles. The van der Waals surface area contributed by atoms with Crippen LogP contribution in [0.3, 0.4) is 0 Å². The van der Waals surface area contributed by atoms with Gasteiger partial charge in [-0.15, -0.1) is 0 Å². The van der Waals surface area contributed by atoms with Crippen molar-refractivity contribution in [2.75, 3.05) is 27.3 Å². The lowest BCUT2D eigenvalue weighted by Gasteiger charge is -2.32. The van der Waals surface area contributed by atoms with Gasteiger partial charge in [0.25, 0.3) is 0 Å². The number of aromatic nitrogens is 3. The Hall–Kier alpha value is -3.09. The molecule has 1 N–H and O–H groups in total. The van der Waals surface area contributed by atoms with Crippen LogP contribution in [0.4, 0.5) is 0 Å². The summed E-state index contributed by atoms with van der Waals surface area (Å²) >= 11 is 0. The summed E-state index contributed by atoms with van der Waals surface area (Å²) in [7, 11) is 3.20. The molecule has 1 amide bonds. The maximum atomic E-state index is 12.9. The molecule has 0 unspecified atom stereocenters. The molecule has 1 aromatic carbocycles. The number of nitrogens with one attached hydrogen (secondary N) is 1. The molecule has 7 nitrogen and oxygen atoms in total. The molecule has 1 fully saturated rings. The molecule has 0 saturated carbocycles. The zero-order chi connectivity index (χ0) is 19.5. The Labute approximate surface area is 163 Å². The quantitative estimate of drug-likeness (QED) is 0.736. The number of hydrogen-bond donors (Lipinski definition) is 1. The van der Waals surface area contributed by atoms with E-state index in [1.54, 1.807) is 20.4 Å². The minimum Gasteiger partial charge on any atom is -0.493 e. The number of hydrogen-bond acceptors (Lipinski definition) is 5. The van der Waals surface area contributed by atoms with Crippen LogP contribution in [-0.2, 0) is 11.2 Å². The van der Waals surface area contributed by atoms with E-state index in [9.17, 15) is 4.79 Å². The number of likely N-dealkylation sites (tertiary alicyclic amines) is 1. The molecule has 0 bridgehead atoms. The Morgan fingerprint density at radius 3 is 2.93 bits per heavy atom. The van der Waals surface area contributed by atoms with E-state index in [2.05, 4.69) is 15.2 Å². The Morgan fingerprint density at radius 1 is 1.25 bits per heavy atom. The summed E-state index contributed by atoms with van der Waals surface area (Å²) in [5, 5.41) is 8.48. The predicted octanol–water partition coefficient (Wildman–Crippen LogP) is 2.92. The molecule has 1 saturated heterocycles. The minimum atomic E-state index is 0.124. The lowest BCUT2D eigenvalue weighted by molar-refractivity contribution is -0.131. The van der Waals surface area contributed by atoms with Crippen molar-refractivity contribution in [2.45, 2.75) is 25.2 Å². The number of ether oxygens (including phenoxy) is 2. The Bertz CT molecular complexity index is 985. The number of piperidine rings is 1. The standard InChI is InChI=1S/C21H24N4O3/c1-27-17-8-7-14(11-18(17)28-2)12-19(26)25-10-4-5-15(13-25)20-16-6-3-9-22-21(16)24-23-20/h3,6-9,11,15H,4-5,10,12-13H2,1-2H3,(H,22,23,24)/t15-/m1/s1. The summed E-state index contributed by atoms with van der Waals surface area (Å²) in [6.45, 7) is 1.48. The highest BCUT2D eigenvalue weighted by Crippen LogP contribution is 2.31. The molecule has 7 heteroatoms. The average Bonchev–Trinajstić information content (AvgIpc) is 3.18. The van der Waals surface area contributed by atoms with Crippen molar-refractivity contribution >= 4 is 16.9 Å². The Balaban J connectivity index is 1.48. The van der Waals surface area contributed by atoms with Crippen LogP contribution in [0.2, 0.25) is 0 Å². The van der Waals surface area contributed by atoms with Gasteiger partial charge in [0.15, 0.2) is 17.1 Å². The number of aromatic amines is 1. The second-order valence-electron chi connectivity index (χ2n) is 7.06. The number of rotatable bonds is 5. The highest BCUT2D eigenvalue weighted by atomic mass is 16.5. The maximum Gasteiger partial charge on any atom is 0.227 e. The number of fused-ring (bicyclic) bond motifs is 1. The second-order valence-corrected chi connectivity index (χ2v) is 7.06. The molecule has 1 atom stereocenters. The number of methoxy groups -OCH3 is 2. The van der Waals surface area contributed by atoms with Gasteiger partial charge in [-0.25, -0.2) is 4.98 Å². The molecular weight excluding hydrogens is 356 g/mol. The highest BCUT2D eigenvalue weighted by Gasteiger charge is 2.27. The normalized spacial score (nSPS) is 16.9. The second kappa shape index (κ2) is 7.88. The SMILES string of the molecule is COc1ccc(CC(=O)N2CCC[C@@H](c3[nH]nc4ncccc34)C2)cc1OC. The van der Waals surface area contributed by atoms with Crippen molar-refractivity contribution in [2.24, 2.45) is 0 Å². The van der Waals surface area contributed by atoms with Crippen molar-refractivity contribution < 1.29 is 14.3 Å². The molecule has 1 aliphatic rings. The van der Waals surface area contributed by atoms with Gasteiger partial charge in [0.1, 0.15) is 0 Å². The Kier molecular flexibility index (Phi) is 5.14. The van der Waals surface area contributed by atoms with Gasteiger partial charge in [0, 0.05) is 36.3 Å². The van der Waals surface area contributed by atoms with Crippen LogP contribution in [-0.4, -0.2) is 53.3 Å². The van der Waals surface area contributed by atoms with E-state index in [0.717, 1.165) is 41.7 Å². The number of carbonyl (C=O) groups is 1. The minimum absolute atomic E-state index is 0.124. The molecule has 2 aromatic heterocycles. The summed E-state index contributed by atoms with van der Waals surface area (Å²) in [6.07, 6.45) is 4.10. The van der Waals surface area contributed by atoms with Crippen LogP contribution in [0.5, 0.6) is 11.5 Å². The summed E-state index contributed by atoms with van der Waals surface area (Å²) < 4.78 is 10.6. The van der Waals surface area contributed by atoms with Crippen LogP contribution < -0.4 is 9.47 Å². The van der Waals surface area contributed by atoms with Gasteiger partial charge in [-0.05, 0) is 42.7 Å². The van der Waals surface area contributed by atoms with Crippen molar-refractivity contribution in [1.29, 1.82) is 0 Å². The lowest BCUT2D eigenvalue weighted by Crippen LogP contribution is -2.40. The van der Waals surface area contributed by atoms with E-state index in [-0.39, 0.29) is 11.8 Å². The smallest absolute Gasteiger partial charge is 0.227 e. The van der Waals surface area contributed by atoms with Crippen LogP contribution in [0.1, 0.15) is 30.0 Å². The first-order valence-electron chi connectivity index (χ1n) is 9.47. The van der Waals surface area contributed by atoms with E-state index in [1.165, 1.54) is 0 Å². The van der Waals surface area contributed by atoms with Crippen molar-refractivity contribution in [1.82, 2.24) is 20.1 Å². The third-order valence-corrected chi connectivity index (χ3v) is 5.34. The van der Waals surface area contributed by atoms with E-state index < -0.39 is 0 Å². The number of pyridine rings is 1. The zero-order valence-corrected chi connectivity index (χ0v) is 16.1. The summed E-state index contributed by atoms with van der Waals surface area (Å²) in [4.78, 5) is 19.2. The Morgan fingerprint density at radius 2 is 2.11 bits per heavy atom. The van der Waals surface area contributed by atoms with Gasteiger partial charge in [-0.1, -0.05) is 6.07 Å². The van der Waals surface area contributed by atoms with Gasteiger partial charge >= 0.3 is 0 Å². The monoisotopic (exact) mass is 380 g/mol. The van der Waals surface area contributed by atoms with Crippen LogP contribution in [0.15, 0.2) is 36.5 Å². The number of benzene rings is 1. The first-order valence-corrected chi connectivity index (χ1v) is 9.47. The van der Waals surface area contributed by atoms with Crippen LogP contribution in [0, 0.1) is 0 Å². The largest absolute Gasteiger partial charge is 0.493 e. The lowest BCUT2D eigenvalue weighted by atomic mass is 9.93. The maximum absolute atomic E-state index is 12.9. The number of carbonyl (C=O) groups excluding carboxylic acids is 1. The molecule has 3 heterocycles. The summed E-state index contributed by atoms with van der Waals surface area (Å²) in [5.41, 5.74) is 2.72. The first kappa shape index (κ1) is 18.3. The molecule has 3 aromatic rings. The van der Waals surface area contributed by atoms with E-state index in [4.69, 9.17) is 9.47 Å². The summed E-state index contributed by atoms with van der Waals surface area (Å²) in [6, 6.07) is 9.57. The molecule has 0 aliphatic carbocycles. The molecule has 0 spiro atoms. The molecule has 28 heavy (non-hydrogen) atoms. The third kappa shape index (κ3) is 3.52. The fourth-order valence-corrected chi connectivity index (χ4v) is 3.90. The molecule has 146 valence electrons. The predicted molar refractivity (Wildman–Crippen MR) is 106 cm³/mol. The number of nitrogens with zero attached hydrogens (tertiary/aromatic N) is 3. The molecule has 4 rings (SSSR count).